The molecule has 0 amide bonds. The Bertz CT molecular complexity index is 2110. The number of benzene rings is 4. The molecule has 3 heterocycles. The minimum absolute atomic E-state index is 0. The molecule has 0 radical (unpaired) electrons. The molecular weight excluding hydrogens is 734 g/mol. The molecule has 0 atom stereocenters. The standard InChI is InChI=1S/C36H27FN4O2.Pt/c1-23-15-25(20-37)16-24(2)36(23)26-21-39-40(22-26)27-7-6-8-29(17-27)43-30-11-12-32-31-9-4-5-10-33(31)41(34(32)18-30)35-19-28(42-3)13-14-38-35;/h4-16,19,21-22H,20H2,1-3H3;/q-2;+2. The van der Waals surface area contributed by atoms with Crippen LogP contribution >= 0.6 is 0 Å². The van der Waals surface area contributed by atoms with Crippen LogP contribution in [0.1, 0.15) is 16.7 Å². The monoisotopic (exact) mass is 761 g/mol. The molecule has 0 saturated heterocycles. The van der Waals surface area contributed by atoms with Gasteiger partial charge < -0.3 is 14.0 Å². The predicted octanol–water partition coefficient (Wildman–Crippen LogP) is 8.52. The van der Waals surface area contributed by atoms with Gasteiger partial charge in [-0.15, -0.1) is 35.7 Å². The van der Waals surface area contributed by atoms with Crippen LogP contribution < -0.4 is 9.47 Å². The van der Waals surface area contributed by atoms with E-state index in [1.54, 1.807) is 18.0 Å². The van der Waals surface area contributed by atoms with Crippen molar-refractivity contribution in [3.63, 3.8) is 0 Å². The fourth-order valence-corrected chi connectivity index (χ4v) is 5.74. The van der Waals surface area contributed by atoms with Crippen molar-refractivity contribution in [2.24, 2.45) is 0 Å². The van der Waals surface area contributed by atoms with E-state index in [4.69, 9.17) is 9.47 Å². The van der Waals surface area contributed by atoms with Crippen LogP contribution in [0, 0.1) is 26.0 Å². The topological polar surface area (TPSA) is 54.1 Å². The molecule has 8 heteroatoms. The molecule has 0 aliphatic carbocycles. The number of pyridine rings is 1. The molecule has 0 aliphatic rings. The number of hydrogen-bond donors (Lipinski definition) is 0. The van der Waals surface area contributed by atoms with Crippen LogP contribution in [-0.2, 0) is 27.7 Å². The minimum atomic E-state index is -0.479. The smallest absolute Gasteiger partial charge is 0.509 e. The summed E-state index contributed by atoms with van der Waals surface area (Å²) >= 11 is 0. The molecule has 7 rings (SSSR count). The van der Waals surface area contributed by atoms with E-state index >= 15 is 0 Å². The van der Waals surface area contributed by atoms with Crippen molar-refractivity contribution in [2.75, 3.05) is 7.11 Å². The van der Waals surface area contributed by atoms with Gasteiger partial charge in [-0.3, -0.25) is 4.68 Å². The van der Waals surface area contributed by atoms with Gasteiger partial charge in [-0.05, 0) is 59.3 Å². The zero-order valence-electron chi connectivity index (χ0n) is 24.2. The van der Waals surface area contributed by atoms with Crippen LogP contribution in [-0.4, -0.2) is 26.4 Å². The molecule has 220 valence electrons. The molecule has 0 bridgehead atoms. The summed E-state index contributed by atoms with van der Waals surface area (Å²) < 4.78 is 28.8. The second-order valence-electron chi connectivity index (χ2n) is 10.4. The maximum Gasteiger partial charge on any atom is 2.00 e. The van der Waals surface area contributed by atoms with Gasteiger partial charge in [0, 0.05) is 41.0 Å². The van der Waals surface area contributed by atoms with Crippen molar-refractivity contribution in [3.05, 3.63) is 126 Å². The Balaban J connectivity index is 0.00000343. The maximum atomic E-state index is 13.2. The molecule has 0 aliphatic heterocycles. The van der Waals surface area contributed by atoms with Gasteiger partial charge in [-0.1, -0.05) is 35.8 Å². The van der Waals surface area contributed by atoms with E-state index in [1.807, 2.05) is 93.0 Å². The van der Waals surface area contributed by atoms with Crippen LogP contribution in [0.2, 0.25) is 0 Å². The fraction of sp³-hybridized carbons (Fsp3) is 0.111. The molecule has 6 nitrogen and oxygen atoms in total. The Kier molecular flexibility index (Phi) is 8.07. The number of fused-ring (bicyclic) bond motifs is 3. The summed E-state index contributed by atoms with van der Waals surface area (Å²) in [6.45, 7) is 3.51. The molecule has 0 fully saturated rings. The number of para-hydroxylation sites is 1. The Morgan fingerprint density at radius 1 is 0.864 bits per heavy atom. The van der Waals surface area contributed by atoms with E-state index in [2.05, 4.69) is 38.9 Å². The largest absolute Gasteiger partial charge is 2.00 e. The van der Waals surface area contributed by atoms with Crippen molar-refractivity contribution in [1.29, 1.82) is 0 Å². The van der Waals surface area contributed by atoms with E-state index in [1.165, 1.54) is 0 Å². The molecular formula is C36H27FN4O2Pt. The number of ether oxygens (including phenoxy) is 2. The molecule has 0 unspecified atom stereocenters. The second kappa shape index (κ2) is 12.1. The first-order chi connectivity index (χ1) is 21.0. The summed E-state index contributed by atoms with van der Waals surface area (Å²) in [6.07, 6.45) is 5.51. The van der Waals surface area contributed by atoms with Crippen LogP contribution in [0.25, 0.3) is 44.4 Å². The van der Waals surface area contributed by atoms with Gasteiger partial charge in [0.1, 0.15) is 18.2 Å². The Hall–Kier alpha value is -4.74. The zero-order valence-corrected chi connectivity index (χ0v) is 26.5. The van der Waals surface area contributed by atoms with Gasteiger partial charge in [0.25, 0.3) is 0 Å². The first kappa shape index (κ1) is 29.3. The summed E-state index contributed by atoms with van der Waals surface area (Å²) in [4.78, 5) is 4.62. The molecule has 0 saturated carbocycles. The summed E-state index contributed by atoms with van der Waals surface area (Å²) in [6, 6.07) is 32.1. The van der Waals surface area contributed by atoms with Gasteiger partial charge in [-0.2, -0.15) is 17.2 Å². The minimum Gasteiger partial charge on any atom is -0.509 e. The summed E-state index contributed by atoms with van der Waals surface area (Å²) in [5.41, 5.74) is 7.31. The Labute approximate surface area is 269 Å². The molecule has 0 N–H and O–H groups in total. The van der Waals surface area contributed by atoms with Gasteiger partial charge in [0.15, 0.2) is 0 Å². The van der Waals surface area contributed by atoms with E-state index in [0.29, 0.717) is 17.1 Å². The number of rotatable bonds is 7. The average molecular weight is 762 g/mol. The third-order valence-electron chi connectivity index (χ3n) is 7.58. The Morgan fingerprint density at radius 2 is 1.66 bits per heavy atom. The molecule has 44 heavy (non-hydrogen) atoms. The quantitative estimate of drug-likeness (QED) is 0.153. The zero-order chi connectivity index (χ0) is 29.5. The molecule has 4 aromatic carbocycles. The number of methoxy groups -OCH3 is 1. The fourth-order valence-electron chi connectivity index (χ4n) is 5.74. The van der Waals surface area contributed by atoms with E-state index in [9.17, 15) is 4.39 Å². The first-order valence-electron chi connectivity index (χ1n) is 13.9. The number of hydrogen-bond acceptors (Lipinski definition) is 4. The van der Waals surface area contributed by atoms with E-state index in [0.717, 1.165) is 61.3 Å². The SMILES string of the molecule is COc1ccnc(-n2c3[c-]c(Oc4[c-]c(-n5cc(-c6c(C)cc(CF)cc6C)cn5)ccc4)ccc3c3ccccc32)c1.[Pt+2]. The normalized spacial score (nSPS) is 11.1. The Morgan fingerprint density at radius 3 is 2.45 bits per heavy atom. The van der Waals surface area contributed by atoms with Crippen molar-refractivity contribution in [1.82, 2.24) is 19.3 Å². The number of aromatic nitrogens is 4. The number of alkyl halides is 1. The van der Waals surface area contributed by atoms with Crippen molar-refractivity contribution in [3.8, 4) is 39.9 Å². The summed E-state index contributed by atoms with van der Waals surface area (Å²) in [5.74, 6) is 2.53. The third kappa shape index (κ3) is 5.29. The maximum absolute atomic E-state index is 13.2. The van der Waals surface area contributed by atoms with Crippen molar-refractivity contribution >= 4 is 21.8 Å². The number of halogens is 1. The summed E-state index contributed by atoms with van der Waals surface area (Å²) in [7, 11) is 1.64. The van der Waals surface area contributed by atoms with Crippen molar-refractivity contribution in [2.45, 2.75) is 20.5 Å². The van der Waals surface area contributed by atoms with Crippen LogP contribution in [0.3, 0.4) is 0 Å². The van der Waals surface area contributed by atoms with E-state index in [-0.39, 0.29) is 21.1 Å². The second-order valence-corrected chi connectivity index (χ2v) is 10.4. The van der Waals surface area contributed by atoms with Gasteiger partial charge in [-0.25, -0.2) is 9.37 Å². The average Bonchev–Trinajstić information content (AvgIpc) is 3.64. The van der Waals surface area contributed by atoms with Gasteiger partial charge in [0.2, 0.25) is 0 Å². The summed E-state index contributed by atoms with van der Waals surface area (Å²) in [5, 5.41) is 6.72. The van der Waals surface area contributed by atoms with Crippen LogP contribution in [0.4, 0.5) is 4.39 Å². The van der Waals surface area contributed by atoms with Crippen LogP contribution in [0.15, 0.2) is 97.5 Å². The van der Waals surface area contributed by atoms with Crippen LogP contribution in [0.5, 0.6) is 17.2 Å². The van der Waals surface area contributed by atoms with E-state index < -0.39 is 6.67 Å². The van der Waals surface area contributed by atoms with Gasteiger partial charge in [0.05, 0.1) is 13.3 Å². The first-order valence-corrected chi connectivity index (χ1v) is 13.9. The predicted molar refractivity (Wildman–Crippen MR) is 166 cm³/mol. The molecule has 7 aromatic rings. The number of nitrogens with zero attached hydrogens (tertiary/aromatic N) is 4. The van der Waals surface area contributed by atoms with Crippen molar-refractivity contribution < 1.29 is 34.9 Å². The molecule has 0 spiro atoms. The third-order valence-corrected chi connectivity index (χ3v) is 7.58. The number of aryl methyl sites for hydroxylation is 2. The molecule has 3 aromatic heterocycles. The van der Waals surface area contributed by atoms with Gasteiger partial charge >= 0.3 is 21.1 Å².